The number of rotatable bonds is 0. The quantitative estimate of drug-likeness (QED) is 0.374. The second kappa shape index (κ2) is 90.0. The monoisotopic (exact) mass is 466 g/mol. The molecule has 0 fully saturated rings. The third-order valence-electron chi connectivity index (χ3n) is 0. The van der Waals surface area contributed by atoms with E-state index in [0.717, 1.165) is 0 Å². The van der Waals surface area contributed by atoms with Crippen LogP contribution in [0.4, 0.5) is 0 Å². The Hall–Kier alpha value is 2.86. The highest BCUT2D eigenvalue weighted by Gasteiger charge is 1.42. The van der Waals surface area contributed by atoms with Crippen LogP contribution in [-0.2, 0) is 0 Å². The molecule has 0 aliphatic carbocycles. The maximum Gasteiger partial charge on any atom is 0.0967 e. The number of hydrogen-bond donors (Lipinski definition) is 1. The number of aliphatic hydroxyl groups excluding tert-OH is 1. The zero-order chi connectivity index (χ0) is 16.2. The maximum atomic E-state index is 7.57. The third-order valence-corrected chi connectivity index (χ3v) is 0. The predicted molar refractivity (Wildman–Crippen MR) is 95.6 cm³/mol. The second-order valence-corrected chi connectivity index (χ2v) is 4.86. The molecule has 0 unspecified atom stereocenters. The van der Waals surface area contributed by atoms with E-state index >= 15 is 0 Å². The molecule has 18 heavy (non-hydrogen) atoms. The van der Waals surface area contributed by atoms with Gasteiger partial charge in [0.05, 0.1) is 26.7 Å². The van der Waals surface area contributed by atoms with Crippen LogP contribution in [0.15, 0.2) is 0 Å². The summed E-state index contributed by atoms with van der Waals surface area (Å²) in [7, 11) is 0. The lowest BCUT2D eigenvalue weighted by atomic mass is 10.9. The lowest BCUT2D eigenvalue weighted by Gasteiger charge is -1.52. The molecule has 0 saturated carbocycles. The lowest BCUT2D eigenvalue weighted by Crippen LogP contribution is -1.57. The Morgan fingerprint density at radius 2 is 0.500 bits per heavy atom. The van der Waals surface area contributed by atoms with Gasteiger partial charge in [-0.15, -0.1) is 116 Å². The van der Waals surface area contributed by atoms with Crippen molar-refractivity contribution in [3.63, 3.8) is 0 Å². The second-order valence-electron chi connectivity index (χ2n) is 0.821. The molecule has 0 radical (unpaired) electrons. The van der Waals surface area contributed by atoms with E-state index in [1.807, 2.05) is 0 Å². The summed E-state index contributed by atoms with van der Waals surface area (Å²) in [6, 6.07) is 0. The van der Waals surface area contributed by atoms with Crippen molar-refractivity contribution in [3.05, 3.63) is 0 Å². The average Bonchev–Trinajstić information content (AvgIpc) is 2.23. The summed E-state index contributed by atoms with van der Waals surface area (Å²) in [4.78, 5) is 0. The van der Waals surface area contributed by atoms with Crippen molar-refractivity contribution in [2.45, 2.75) is 6.92 Å². The van der Waals surface area contributed by atoms with E-state index in [0.29, 0.717) is 0 Å². The van der Waals surface area contributed by atoms with Crippen LogP contribution >= 0.6 is 116 Å². The summed E-state index contributed by atoms with van der Waals surface area (Å²) in [6.07, 6.45) is 0. The molecule has 0 amide bonds. The minimum atomic E-state index is 0.194. The molecule has 0 aromatic carbocycles. The van der Waals surface area contributed by atoms with Gasteiger partial charge in [-0.05, 0) is 6.92 Å². The predicted octanol–water partition coefficient (Wildman–Crippen LogP) is 7.11. The maximum absolute atomic E-state index is 7.57. The Kier molecular flexibility index (Phi) is 186. The van der Waals surface area contributed by atoms with Crippen LogP contribution in [0.3, 0.4) is 0 Å². The van der Waals surface area contributed by atoms with Crippen molar-refractivity contribution < 1.29 is 5.11 Å². The minimum absolute atomic E-state index is 0.194. The highest BCUT2D eigenvalue weighted by molar-refractivity contribution is 6.41. The van der Waals surface area contributed by atoms with E-state index in [-0.39, 0.29) is 33.3 Å². The highest BCUT2D eigenvalue weighted by Crippen LogP contribution is 1.74. The number of halogens is 10. The van der Waals surface area contributed by atoms with Gasteiger partial charge in [0.25, 0.3) is 0 Å². The molecule has 0 bridgehead atoms. The van der Waals surface area contributed by atoms with Crippen molar-refractivity contribution in [3.8, 4) is 0 Å². The van der Waals surface area contributed by atoms with Crippen LogP contribution in [0.25, 0.3) is 0 Å². The Labute approximate surface area is 160 Å². The minimum Gasteiger partial charge on any atom is -0.397 e. The largest absolute Gasteiger partial charge is 0.397 e. The summed E-state index contributed by atoms with van der Waals surface area (Å²) in [5, 5.41) is 8.54. The molecule has 0 heterocycles. The molecule has 1 N–H and O–H groups in total. The Balaban J connectivity index is -0.0000000240. The van der Waals surface area contributed by atoms with Gasteiger partial charge in [-0.25, -0.2) is 0 Å². The van der Waals surface area contributed by atoms with E-state index in [2.05, 4.69) is 0 Å². The van der Waals surface area contributed by atoms with Gasteiger partial charge >= 0.3 is 0 Å². The molecule has 0 aromatic heterocycles. The third kappa shape index (κ3) is 735. The molecule has 0 aromatic rings. The normalized spacial score (nSPS) is 6.00. The van der Waals surface area contributed by atoms with Gasteiger partial charge in [0, 0.05) is 6.61 Å². The van der Waals surface area contributed by atoms with Crippen molar-refractivity contribution >= 4 is 116 Å². The summed E-state index contributed by atoms with van der Waals surface area (Å²) in [5.41, 5.74) is 0. The van der Waals surface area contributed by atoms with Crippen LogP contribution in [0.1, 0.15) is 6.92 Å². The lowest BCUT2D eigenvalue weighted by molar-refractivity contribution is 0.318. The van der Waals surface area contributed by atoms with Gasteiger partial charge in [0.15, 0.2) is 0 Å². The summed E-state index contributed by atoms with van der Waals surface area (Å²) >= 11 is 47.6. The van der Waals surface area contributed by atoms with Crippen molar-refractivity contribution in [2.75, 3.05) is 33.3 Å². The number of alkyl halides is 10. The first-order chi connectivity index (χ1) is 8.49. The first kappa shape index (κ1) is 37.3. The van der Waals surface area contributed by atoms with E-state index in [4.69, 9.17) is 121 Å². The summed E-state index contributed by atoms with van der Waals surface area (Å²) in [5.74, 6) is 0. The standard InChI is InChI=1S/C2H6O.5CH2Cl2/c1-2-3;5*2-1-3/h3H,2H2,1H3;5*1H2. The molecule has 1 nitrogen and oxygen atoms in total. The molecule has 0 aliphatic rings. The van der Waals surface area contributed by atoms with Gasteiger partial charge in [0.2, 0.25) is 0 Å². The van der Waals surface area contributed by atoms with Gasteiger partial charge in [-0.2, -0.15) is 0 Å². The van der Waals surface area contributed by atoms with Crippen LogP contribution in [0.5, 0.6) is 0 Å². The fourth-order valence-electron chi connectivity index (χ4n) is 0. The topological polar surface area (TPSA) is 20.2 Å². The van der Waals surface area contributed by atoms with E-state index < -0.39 is 0 Å². The smallest absolute Gasteiger partial charge is 0.0967 e. The molecular weight excluding hydrogens is 455 g/mol. The SMILES string of the molecule is CCO.ClCCl.ClCCl.ClCCl.ClCCl.ClCCl. The molecule has 0 spiro atoms. The average molecular weight is 471 g/mol. The van der Waals surface area contributed by atoms with Crippen LogP contribution in [0, 0.1) is 0 Å². The number of aliphatic hydroxyl groups is 1. The molecule has 120 valence electrons. The highest BCUT2D eigenvalue weighted by atomic mass is 35.5. The zero-order valence-corrected chi connectivity index (χ0v) is 17.0. The van der Waals surface area contributed by atoms with E-state index in [1.54, 1.807) is 6.92 Å². The Morgan fingerprint density at radius 1 is 0.500 bits per heavy atom. The van der Waals surface area contributed by atoms with E-state index in [1.165, 1.54) is 0 Å². The first-order valence-electron chi connectivity index (χ1n) is 3.70. The summed E-state index contributed by atoms with van der Waals surface area (Å²) < 4.78 is 0. The number of hydrogen-bond acceptors (Lipinski definition) is 1. The first-order valence-corrected chi connectivity index (χ1v) is 9.04. The van der Waals surface area contributed by atoms with Crippen molar-refractivity contribution in [2.24, 2.45) is 0 Å². The van der Waals surface area contributed by atoms with Gasteiger partial charge in [-0.3, -0.25) is 0 Å². The fraction of sp³-hybridized carbons (Fsp3) is 1.00. The molecule has 0 atom stereocenters. The van der Waals surface area contributed by atoms with Crippen LogP contribution < -0.4 is 0 Å². The van der Waals surface area contributed by atoms with Crippen molar-refractivity contribution in [1.82, 2.24) is 0 Å². The molecule has 0 rings (SSSR count). The summed E-state index contributed by atoms with van der Waals surface area (Å²) in [6.45, 7) is 1.93. The molecule has 0 aliphatic heterocycles. The van der Waals surface area contributed by atoms with Crippen molar-refractivity contribution in [1.29, 1.82) is 0 Å². The molecule has 11 heteroatoms. The Bertz CT molecular complexity index is 37.7. The van der Waals surface area contributed by atoms with E-state index in [9.17, 15) is 0 Å². The molecular formula is C7H16Cl10O. The molecule has 0 saturated heterocycles. The van der Waals surface area contributed by atoms with Gasteiger partial charge in [0.1, 0.15) is 0 Å². The van der Waals surface area contributed by atoms with Gasteiger partial charge in [-0.1, -0.05) is 0 Å². The van der Waals surface area contributed by atoms with Crippen LogP contribution in [0.2, 0.25) is 0 Å². The fourth-order valence-corrected chi connectivity index (χ4v) is 0. The zero-order valence-electron chi connectivity index (χ0n) is 9.47. The Morgan fingerprint density at radius 3 is 0.500 bits per heavy atom. The van der Waals surface area contributed by atoms with Gasteiger partial charge < -0.3 is 5.11 Å². The van der Waals surface area contributed by atoms with Crippen LogP contribution in [-0.4, -0.2) is 38.4 Å².